The number of hydrogen-bond donors (Lipinski definition) is 2. The molecule has 1 heterocycles. The molecule has 1 aromatic rings. The van der Waals surface area contributed by atoms with Crippen molar-refractivity contribution in [2.75, 3.05) is 44.7 Å². The number of carbonyl (C=O) groups excluding carboxylic acids is 2. The van der Waals surface area contributed by atoms with Crippen molar-refractivity contribution in [3.05, 3.63) is 34.4 Å². The number of anilines is 1. The molecule has 10 heteroatoms. The van der Waals surface area contributed by atoms with Crippen LogP contribution in [0.2, 0.25) is 0 Å². The van der Waals surface area contributed by atoms with Gasteiger partial charge in [-0.2, -0.15) is 0 Å². The van der Waals surface area contributed by atoms with Crippen molar-refractivity contribution < 1.29 is 14.5 Å². The summed E-state index contributed by atoms with van der Waals surface area (Å²) in [6.45, 7) is 1.76. The van der Waals surface area contributed by atoms with Crippen molar-refractivity contribution in [2.45, 2.75) is 12.8 Å². The predicted octanol–water partition coefficient (Wildman–Crippen LogP) is 0.766. The Kier molecular flexibility index (Phi) is 8.96. The van der Waals surface area contributed by atoms with E-state index >= 15 is 0 Å². The molecule has 2 rings (SSSR count). The first-order chi connectivity index (χ1) is 12.4. The van der Waals surface area contributed by atoms with Crippen molar-refractivity contribution in [3.8, 4) is 0 Å². The summed E-state index contributed by atoms with van der Waals surface area (Å²) in [6, 6.07) is 6.31. The number of nitrogens with two attached hydrogens (primary N) is 1. The highest BCUT2D eigenvalue weighted by atomic mass is 35.5. The van der Waals surface area contributed by atoms with Crippen molar-refractivity contribution >= 4 is 35.6 Å². The van der Waals surface area contributed by atoms with Crippen LogP contribution in [-0.4, -0.2) is 61.4 Å². The molecule has 1 fully saturated rings. The molecular formula is C17H26ClN5O4. The minimum Gasteiger partial charge on any atom is -0.360 e. The first-order valence-corrected chi connectivity index (χ1v) is 8.64. The monoisotopic (exact) mass is 399 g/mol. The summed E-state index contributed by atoms with van der Waals surface area (Å²) < 4.78 is 0. The number of rotatable bonds is 7. The molecule has 2 amide bonds. The van der Waals surface area contributed by atoms with Crippen LogP contribution < -0.4 is 16.0 Å². The molecular weight excluding hydrogens is 374 g/mol. The number of benzene rings is 1. The van der Waals surface area contributed by atoms with Gasteiger partial charge in [0, 0.05) is 39.3 Å². The summed E-state index contributed by atoms with van der Waals surface area (Å²) >= 11 is 0. The first kappa shape index (κ1) is 22.7. The van der Waals surface area contributed by atoms with Gasteiger partial charge in [0.2, 0.25) is 11.8 Å². The summed E-state index contributed by atoms with van der Waals surface area (Å²) in [7, 11) is 1.65. The van der Waals surface area contributed by atoms with Crippen LogP contribution in [0.3, 0.4) is 0 Å². The number of amides is 2. The van der Waals surface area contributed by atoms with Gasteiger partial charge in [-0.3, -0.25) is 19.7 Å². The molecule has 1 saturated heterocycles. The van der Waals surface area contributed by atoms with Gasteiger partial charge in [-0.25, -0.2) is 0 Å². The number of nitrogens with one attached hydrogen (secondary N) is 1. The van der Waals surface area contributed by atoms with Gasteiger partial charge in [0.25, 0.3) is 5.69 Å². The highest BCUT2D eigenvalue weighted by Crippen LogP contribution is 2.26. The average molecular weight is 400 g/mol. The first-order valence-electron chi connectivity index (χ1n) is 8.64. The Morgan fingerprint density at radius 2 is 2.11 bits per heavy atom. The van der Waals surface area contributed by atoms with Gasteiger partial charge in [-0.15, -0.1) is 12.4 Å². The summed E-state index contributed by atoms with van der Waals surface area (Å²) in [6.07, 6.45) is 1.49. The number of halogens is 1. The molecule has 0 spiro atoms. The molecule has 3 N–H and O–H groups in total. The van der Waals surface area contributed by atoms with Crippen LogP contribution in [0.25, 0.3) is 0 Å². The van der Waals surface area contributed by atoms with E-state index in [0.717, 1.165) is 12.8 Å². The highest BCUT2D eigenvalue weighted by molar-refractivity contribution is 5.85. The largest absolute Gasteiger partial charge is 0.360 e. The minimum atomic E-state index is -0.463. The SMILES string of the molecule is CN(CC(=O)N1CCCC(C(=O)NCCN)C1)c1ccccc1[N+](=O)[O-].Cl. The van der Waals surface area contributed by atoms with E-state index < -0.39 is 4.92 Å². The van der Waals surface area contributed by atoms with Gasteiger partial charge in [-0.05, 0) is 18.9 Å². The predicted molar refractivity (Wildman–Crippen MR) is 105 cm³/mol. The standard InChI is InChI=1S/C17H25N5O4.ClH/c1-20(14-6-2-3-7-15(14)22(25)26)12-16(23)21-10-4-5-13(11-21)17(24)19-9-8-18;/h2-3,6-7,13H,4-5,8-12,18H2,1H3,(H,19,24);1H. The number of nitro benzene ring substituents is 1. The van der Waals surface area contributed by atoms with Crippen molar-refractivity contribution in [1.29, 1.82) is 0 Å². The molecule has 0 radical (unpaired) electrons. The van der Waals surface area contributed by atoms with E-state index in [1.54, 1.807) is 35.0 Å². The third-order valence-corrected chi connectivity index (χ3v) is 4.45. The fourth-order valence-corrected chi connectivity index (χ4v) is 3.09. The molecule has 0 bridgehead atoms. The summed E-state index contributed by atoms with van der Waals surface area (Å²) in [5, 5.41) is 13.9. The summed E-state index contributed by atoms with van der Waals surface area (Å²) in [4.78, 5) is 38.6. The molecule has 0 saturated carbocycles. The molecule has 1 aliphatic rings. The van der Waals surface area contributed by atoms with Gasteiger partial charge < -0.3 is 20.9 Å². The highest BCUT2D eigenvalue weighted by Gasteiger charge is 2.29. The Hall–Kier alpha value is -2.39. The second kappa shape index (κ2) is 10.7. The molecule has 27 heavy (non-hydrogen) atoms. The second-order valence-corrected chi connectivity index (χ2v) is 6.36. The lowest BCUT2D eigenvalue weighted by Crippen LogP contribution is -2.48. The van der Waals surface area contributed by atoms with Crippen molar-refractivity contribution in [3.63, 3.8) is 0 Å². The van der Waals surface area contributed by atoms with Gasteiger partial charge in [0.05, 0.1) is 17.4 Å². The normalized spacial score (nSPS) is 16.2. The molecule has 9 nitrogen and oxygen atoms in total. The van der Waals surface area contributed by atoms with Gasteiger partial charge in [-0.1, -0.05) is 12.1 Å². The Morgan fingerprint density at radius 1 is 1.41 bits per heavy atom. The lowest BCUT2D eigenvalue weighted by atomic mass is 9.97. The quantitative estimate of drug-likeness (QED) is 0.515. The Balaban J connectivity index is 0.00000364. The van der Waals surface area contributed by atoms with E-state index in [-0.39, 0.29) is 42.4 Å². The van der Waals surface area contributed by atoms with E-state index in [0.29, 0.717) is 31.9 Å². The maximum absolute atomic E-state index is 12.6. The lowest BCUT2D eigenvalue weighted by molar-refractivity contribution is -0.384. The third kappa shape index (κ3) is 6.07. The van der Waals surface area contributed by atoms with E-state index in [1.807, 2.05) is 0 Å². The van der Waals surface area contributed by atoms with Crippen LogP contribution in [-0.2, 0) is 9.59 Å². The molecule has 1 atom stereocenters. The van der Waals surface area contributed by atoms with E-state index in [4.69, 9.17) is 5.73 Å². The molecule has 1 aromatic carbocycles. The molecule has 0 aromatic heterocycles. The van der Waals surface area contributed by atoms with Crippen molar-refractivity contribution in [2.24, 2.45) is 11.7 Å². The number of carbonyl (C=O) groups is 2. The maximum Gasteiger partial charge on any atom is 0.292 e. The fraction of sp³-hybridized carbons (Fsp3) is 0.529. The lowest BCUT2D eigenvalue weighted by Gasteiger charge is -2.33. The van der Waals surface area contributed by atoms with Gasteiger partial charge >= 0.3 is 0 Å². The van der Waals surface area contributed by atoms with Crippen LogP contribution in [0.15, 0.2) is 24.3 Å². The Bertz CT molecular complexity index is 672. The number of para-hydroxylation sites is 2. The number of likely N-dealkylation sites (N-methyl/N-ethyl adjacent to an activating group) is 1. The van der Waals surface area contributed by atoms with Crippen LogP contribution in [0.5, 0.6) is 0 Å². The Morgan fingerprint density at radius 3 is 2.78 bits per heavy atom. The molecule has 150 valence electrons. The van der Waals surface area contributed by atoms with E-state index in [2.05, 4.69) is 5.32 Å². The smallest absolute Gasteiger partial charge is 0.292 e. The maximum atomic E-state index is 12.6. The summed E-state index contributed by atoms with van der Waals surface area (Å²) in [5.74, 6) is -0.474. The van der Waals surface area contributed by atoms with Crippen LogP contribution in [0.1, 0.15) is 12.8 Å². The van der Waals surface area contributed by atoms with Crippen molar-refractivity contribution in [1.82, 2.24) is 10.2 Å². The zero-order valence-electron chi connectivity index (χ0n) is 15.3. The fourth-order valence-electron chi connectivity index (χ4n) is 3.09. The number of piperidine rings is 1. The molecule has 0 aliphatic carbocycles. The second-order valence-electron chi connectivity index (χ2n) is 6.36. The Labute approximate surface area is 164 Å². The topological polar surface area (TPSA) is 122 Å². The van der Waals surface area contributed by atoms with Crippen LogP contribution in [0.4, 0.5) is 11.4 Å². The average Bonchev–Trinajstić information content (AvgIpc) is 2.66. The molecule has 1 unspecified atom stereocenters. The number of likely N-dealkylation sites (tertiary alicyclic amines) is 1. The number of hydrogen-bond acceptors (Lipinski definition) is 6. The molecule has 1 aliphatic heterocycles. The van der Waals surface area contributed by atoms with Crippen LogP contribution in [0, 0.1) is 16.0 Å². The van der Waals surface area contributed by atoms with Gasteiger partial charge in [0.15, 0.2) is 0 Å². The van der Waals surface area contributed by atoms with Crippen LogP contribution >= 0.6 is 12.4 Å². The minimum absolute atomic E-state index is 0. The van der Waals surface area contributed by atoms with Gasteiger partial charge in [0.1, 0.15) is 5.69 Å². The number of nitrogens with zero attached hydrogens (tertiary/aromatic N) is 3. The summed E-state index contributed by atoms with van der Waals surface area (Å²) in [5.41, 5.74) is 5.74. The van der Waals surface area contributed by atoms with E-state index in [9.17, 15) is 19.7 Å². The third-order valence-electron chi connectivity index (χ3n) is 4.45. The zero-order chi connectivity index (χ0) is 19.1. The number of nitro groups is 1. The van der Waals surface area contributed by atoms with E-state index in [1.165, 1.54) is 6.07 Å². The zero-order valence-corrected chi connectivity index (χ0v) is 16.1.